The summed E-state index contributed by atoms with van der Waals surface area (Å²) < 4.78 is 38.1. The molecule has 3 rings (SSSR count). The van der Waals surface area contributed by atoms with Gasteiger partial charge in [0.15, 0.2) is 0 Å². The fraction of sp³-hybridized carbons (Fsp3) is 0.968. The molecule has 3 aliphatic rings. The van der Waals surface area contributed by atoms with Gasteiger partial charge in [-0.1, -0.05) is 7.43 Å². The number of rotatable bonds is 1. The Kier molecular flexibility index (Phi) is 15.5. The third kappa shape index (κ3) is 13.6. The van der Waals surface area contributed by atoms with E-state index in [1.807, 2.05) is 32.7 Å². The van der Waals surface area contributed by atoms with Gasteiger partial charge in [0.1, 0.15) is 11.8 Å². The predicted molar refractivity (Wildman–Crippen MR) is 168 cm³/mol. The van der Waals surface area contributed by atoms with Crippen molar-refractivity contribution in [2.24, 2.45) is 0 Å². The number of piperazine rings is 3. The minimum atomic E-state index is -4.13. The van der Waals surface area contributed by atoms with Crippen LogP contribution in [-0.2, 0) is 4.79 Å². The smallest absolute Gasteiger partial charge is 0.304 e. The first kappa shape index (κ1) is 40.2. The van der Waals surface area contributed by atoms with Crippen molar-refractivity contribution in [1.29, 1.82) is 0 Å². The van der Waals surface area contributed by atoms with Gasteiger partial charge >= 0.3 is 6.18 Å². The number of nitrogens with zero attached hydrogens (tertiary/aromatic N) is 6. The third-order valence-corrected chi connectivity index (χ3v) is 8.49. The summed E-state index contributed by atoms with van der Waals surface area (Å²) in [5, 5.41) is 0. The third-order valence-electron chi connectivity index (χ3n) is 8.49. The molecule has 0 amide bonds. The Labute approximate surface area is 251 Å². The first-order chi connectivity index (χ1) is 17.9. The SMILES string of the molecule is C.CC(=O)C1CN(C(C)(C)C)CCN1C.CN1CCN(C(C)(C)C)CC1.CN1CCN(C(C)(C)C)CC1C(F)(F)F. The van der Waals surface area contributed by atoms with Gasteiger partial charge in [0.05, 0.1) is 6.04 Å². The van der Waals surface area contributed by atoms with Crippen LogP contribution in [-0.4, -0.2) is 157 Å². The predicted octanol–water partition coefficient (Wildman–Crippen LogP) is 4.62. The lowest BCUT2D eigenvalue weighted by Gasteiger charge is -2.45. The number of carbonyl (C=O) groups excluding carboxylic acids is 1. The molecule has 3 aliphatic heterocycles. The molecular weight excluding hydrogens is 529 g/mol. The van der Waals surface area contributed by atoms with Crippen molar-refractivity contribution in [3.63, 3.8) is 0 Å². The molecule has 3 saturated heterocycles. The molecule has 0 radical (unpaired) electrons. The number of hydrogen-bond acceptors (Lipinski definition) is 7. The molecule has 41 heavy (non-hydrogen) atoms. The topological polar surface area (TPSA) is 36.5 Å². The lowest BCUT2D eigenvalue weighted by atomic mass is 10.0. The van der Waals surface area contributed by atoms with E-state index in [9.17, 15) is 18.0 Å². The largest absolute Gasteiger partial charge is 0.405 e. The number of hydrogen-bond donors (Lipinski definition) is 0. The van der Waals surface area contributed by atoms with Crippen LogP contribution in [0.4, 0.5) is 13.2 Å². The Balaban J connectivity index is 0.000000585. The van der Waals surface area contributed by atoms with Gasteiger partial charge in [-0.15, -0.1) is 0 Å². The van der Waals surface area contributed by atoms with Crippen molar-refractivity contribution in [2.45, 2.75) is 112 Å². The molecule has 0 saturated carbocycles. The summed E-state index contributed by atoms with van der Waals surface area (Å²) in [6.45, 7) is 30.1. The van der Waals surface area contributed by atoms with Crippen LogP contribution in [0.1, 0.15) is 76.7 Å². The normalized spacial score (nSPS) is 25.4. The number of ketones is 1. The zero-order chi connectivity index (χ0) is 31.3. The maximum absolute atomic E-state index is 12.7. The molecule has 0 aromatic rings. The Hall–Kier alpha value is -0.780. The molecular formula is C31H65F3N6O. The highest BCUT2D eigenvalue weighted by atomic mass is 19.4. The number of alkyl halides is 3. The molecule has 0 aliphatic carbocycles. The van der Waals surface area contributed by atoms with Gasteiger partial charge in [-0.25, -0.2) is 0 Å². The highest BCUT2D eigenvalue weighted by molar-refractivity contribution is 5.81. The maximum atomic E-state index is 12.7. The van der Waals surface area contributed by atoms with Crippen LogP contribution in [0.3, 0.4) is 0 Å². The summed E-state index contributed by atoms with van der Waals surface area (Å²) in [7, 11) is 5.77. The number of likely N-dealkylation sites (N-methyl/N-ethyl adjacent to an activating group) is 3. The summed E-state index contributed by atoms with van der Waals surface area (Å²) in [5.74, 6) is 0.279. The average Bonchev–Trinajstić information content (AvgIpc) is 2.77. The van der Waals surface area contributed by atoms with Crippen LogP contribution < -0.4 is 0 Å². The van der Waals surface area contributed by atoms with E-state index < -0.39 is 12.2 Å². The van der Waals surface area contributed by atoms with Crippen molar-refractivity contribution < 1.29 is 18.0 Å². The van der Waals surface area contributed by atoms with Gasteiger partial charge in [-0.2, -0.15) is 13.2 Å². The van der Waals surface area contributed by atoms with Gasteiger partial charge in [0, 0.05) is 82.1 Å². The molecule has 246 valence electrons. The Morgan fingerprint density at radius 2 is 0.951 bits per heavy atom. The molecule has 0 bridgehead atoms. The fourth-order valence-electron chi connectivity index (χ4n) is 5.24. The van der Waals surface area contributed by atoms with E-state index in [1.54, 1.807) is 6.92 Å². The first-order valence-corrected chi connectivity index (χ1v) is 14.9. The second kappa shape index (κ2) is 15.8. The van der Waals surface area contributed by atoms with E-state index in [4.69, 9.17) is 0 Å². The van der Waals surface area contributed by atoms with Crippen molar-refractivity contribution in [2.75, 3.05) is 86.6 Å². The summed E-state index contributed by atoms with van der Waals surface area (Å²) in [6, 6.07) is -1.24. The molecule has 2 atom stereocenters. The van der Waals surface area contributed by atoms with E-state index in [-0.39, 0.29) is 36.9 Å². The van der Waals surface area contributed by atoms with Crippen molar-refractivity contribution in [3.05, 3.63) is 0 Å². The Morgan fingerprint density at radius 3 is 1.32 bits per heavy atom. The molecule has 3 heterocycles. The highest BCUT2D eigenvalue weighted by Crippen LogP contribution is 2.29. The van der Waals surface area contributed by atoms with E-state index in [2.05, 4.69) is 68.2 Å². The van der Waals surface area contributed by atoms with E-state index in [0.29, 0.717) is 18.6 Å². The van der Waals surface area contributed by atoms with Gasteiger partial charge < -0.3 is 4.90 Å². The number of halogens is 3. The quantitative estimate of drug-likeness (QED) is 0.439. The van der Waals surface area contributed by atoms with Gasteiger partial charge in [0.25, 0.3) is 0 Å². The minimum absolute atomic E-state index is 0. The monoisotopic (exact) mass is 595 g/mol. The van der Waals surface area contributed by atoms with E-state index in [1.165, 1.54) is 38.1 Å². The van der Waals surface area contributed by atoms with Crippen LogP contribution in [0.25, 0.3) is 0 Å². The molecule has 7 nitrogen and oxygen atoms in total. The molecule has 0 aromatic heterocycles. The van der Waals surface area contributed by atoms with Gasteiger partial charge in [0.2, 0.25) is 0 Å². The standard InChI is InChI=1S/C11H22N2O.C10H19F3N2.C9H20N2.CH4/c1-9(14)10-8-13(11(2,3)4)7-6-12(10)5;1-9(2,3)15-6-5-14(4)8(7-15)10(11,12)13;1-9(2,3)11-7-5-10(4)6-8-11;/h10H,6-8H2,1-5H3;8H,5-7H2,1-4H3;5-8H2,1-4H3;1H4. The number of Topliss-reactive ketones (excluding diaryl/α,β-unsaturated/α-hetero) is 1. The second-order valence-electron chi connectivity index (χ2n) is 14.8. The van der Waals surface area contributed by atoms with Gasteiger partial charge in [-0.3, -0.25) is 29.3 Å². The summed E-state index contributed by atoms with van der Waals surface area (Å²) >= 11 is 0. The van der Waals surface area contributed by atoms with Crippen LogP contribution in [0.15, 0.2) is 0 Å². The van der Waals surface area contributed by atoms with Crippen LogP contribution >= 0.6 is 0 Å². The average molecular weight is 595 g/mol. The zero-order valence-corrected chi connectivity index (χ0v) is 28.0. The van der Waals surface area contributed by atoms with Crippen LogP contribution in [0, 0.1) is 0 Å². The van der Waals surface area contributed by atoms with Crippen LogP contribution in [0.5, 0.6) is 0 Å². The number of carbonyl (C=O) groups is 1. The second-order valence-corrected chi connectivity index (χ2v) is 14.8. The molecule has 3 fully saturated rings. The minimum Gasteiger partial charge on any atom is -0.304 e. The lowest BCUT2D eigenvalue weighted by molar-refractivity contribution is -0.197. The van der Waals surface area contributed by atoms with Crippen molar-refractivity contribution >= 4 is 5.78 Å². The lowest BCUT2D eigenvalue weighted by Crippen LogP contribution is -2.61. The van der Waals surface area contributed by atoms with Crippen molar-refractivity contribution in [3.8, 4) is 0 Å². The van der Waals surface area contributed by atoms with E-state index in [0.717, 1.165) is 19.6 Å². The zero-order valence-electron chi connectivity index (χ0n) is 28.0. The van der Waals surface area contributed by atoms with Crippen molar-refractivity contribution in [1.82, 2.24) is 29.4 Å². The Bertz CT molecular complexity index is 764. The highest BCUT2D eigenvalue weighted by Gasteiger charge is 2.46. The molecule has 0 aromatic carbocycles. The molecule has 0 spiro atoms. The van der Waals surface area contributed by atoms with Crippen LogP contribution in [0.2, 0.25) is 0 Å². The first-order valence-electron chi connectivity index (χ1n) is 14.9. The molecule has 2 unspecified atom stereocenters. The molecule has 0 N–H and O–H groups in total. The Morgan fingerprint density at radius 1 is 0.585 bits per heavy atom. The van der Waals surface area contributed by atoms with Gasteiger partial charge in [-0.05, 0) is 90.4 Å². The summed E-state index contributed by atoms with van der Waals surface area (Å²) in [5.41, 5.74) is 0.348. The summed E-state index contributed by atoms with van der Waals surface area (Å²) in [6.07, 6.45) is -4.13. The maximum Gasteiger partial charge on any atom is 0.405 e. The summed E-state index contributed by atoms with van der Waals surface area (Å²) in [4.78, 5) is 24.2. The van der Waals surface area contributed by atoms with E-state index >= 15 is 0 Å². The fourth-order valence-corrected chi connectivity index (χ4v) is 5.24. The molecule has 10 heteroatoms.